The molecule has 23 heavy (non-hydrogen) atoms. The summed E-state index contributed by atoms with van der Waals surface area (Å²) in [6.07, 6.45) is 0. The first kappa shape index (κ1) is 14.9. The number of halogens is 1. The first-order valence-corrected chi connectivity index (χ1v) is 8.91. The highest BCUT2D eigenvalue weighted by Gasteiger charge is 2.18. The Balaban J connectivity index is 1.96. The summed E-state index contributed by atoms with van der Waals surface area (Å²) in [5, 5.41) is 2.27. The number of nitrogens with zero attached hydrogens (tertiary/aromatic N) is 2. The van der Waals surface area contributed by atoms with Crippen molar-refractivity contribution < 1.29 is 0 Å². The number of piperazine rings is 1. The van der Waals surface area contributed by atoms with Gasteiger partial charge in [0.05, 0.1) is 5.39 Å². The van der Waals surface area contributed by atoms with Gasteiger partial charge in [-0.15, -0.1) is 11.3 Å². The number of benzene rings is 2. The lowest BCUT2D eigenvalue weighted by Crippen LogP contribution is -2.44. The van der Waals surface area contributed by atoms with Gasteiger partial charge in [-0.05, 0) is 37.4 Å². The molecule has 0 atom stereocenters. The highest BCUT2D eigenvalue weighted by molar-refractivity contribution is 7.24. The molecule has 1 saturated heterocycles. The zero-order chi connectivity index (χ0) is 16.0. The Morgan fingerprint density at radius 1 is 1.04 bits per heavy atom. The van der Waals surface area contributed by atoms with Crippen LogP contribution in [0.1, 0.15) is 0 Å². The van der Waals surface area contributed by atoms with Crippen LogP contribution in [0.3, 0.4) is 0 Å². The van der Waals surface area contributed by atoms with Crippen LogP contribution >= 0.6 is 22.9 Å². The molecule has 2 heterocycles. The van der Waals surface area contributed by atoms with Crippen LogP contribution < -0.4 is 10.3 Å². The third-order valence-corrected chi connectivity index (χ3v) is 5.84. The van der Waals surface area contributed by atoms with Gasteiger partial charge >= 0.3 is 0 Å². The third-order valence-electron chi connectivity index (χ3n) is 4.48. The van der Waals surface area contributed by atoms with Crippen LogP contribution in [0.5, 0.6) is 0 Å². The molecular formula is C18H17ClN2OS. The van der Waals surface area contributed by atoms with Gasteiger partial charge in [0, 0.05) is 51.7 Å². The van der Waals surface area contributed by atoms with E-state index in [9.17, 15) is 4.79 Å². The monoisotopic (exact) mass is 344 g/mol. The van der Waals surface area contributed by atoms with E-state index in [2.05, 4.69) is 22.9 Å². The van der Waals surface area contributed by atoms with Crippen LogP contribution in [0.2, 0.25) is 5.02 Å². The van der Waals surface area contributed by atoms with Crippen molar-refractivity contribution in [1.82, 2.24) is 4.90 Å². The minimum Gasteiger partial charge on any atom is -0.368 e. The molecule has 3 nitrogen and oxygen atoms in total. The zero-order valence-corrected chi connectivity index (χ0v) is 14.5. The molecule has 0 saturated carbocycles. The molecule has 0 bridgehead atoms. The molecule has 1 aliphatic heterocycles. The van der Waals surface area contributed by atoms with Crippen LogP contribution in [-0.4, -0.2) is 38.1 Å². The fourth-order valence-electron chi connectivity index (χ4n) is 3.17. The van der Waals surface area contributed by atoms with Crippen LogP contribution in [0.4, 0.5) is 5.69 Å². The number of hydrogen-bond acceptors (Lipinski definition) is 4. The first-order chi connectivity index (χ1) is 11.1. The van der Waals surface area contributed by atoms with Gasteiger partial charge in [0.2, 0.25) is 0 Å². The van der Waals surface area contributed by atoms with Gasteiger partial charge in [-0.3, -0.25) is 4.79 Å². The Bertz CT molecular complexity index is 945. The molecule has 118 valence electrons. The molecule has 0 radical (unpaired) electrons. The predicted octanol–water partition coefficient (Wildman–Crippen LogP) is 3.82. The average molecular weight is 345 g/mol. The molecule has 0 aliphatic carbocycles. The Morgan fingerprint density at radius 3 is 2.61 bits per heavy atom. The summed E-state index contributed by atoms with van der Waals surface area (Å²) >= 11 is 7.72. The van der Waals surface area contributed by atoms with Crippen molar-refractivity contribution >= 4 is 48.8 Å². The smallest absolute Gasteiger partial charge is 0.197 e. The molecule has 1 aliphatic rings. The van der Waals surface area contributed by atoms with Crippen molar-refractivity contribution in [3.8, 4) is 0 Å². The number of fused-ring (bicyclic) bond motifs is 2. The van der Waals surface area contributed by atoms with E-state index in [1.807, 2.05) is 24.3 Å². The van der Waals surface area contributed by atoms with E-state index in [1.54, 1.807) is 17.4 Å². The van der Waals surface area contributed by atoms with Crippen molar-refractivity contribution in [2.24, 2.45) is 0 Å². The van der Waals surface area contributed by atoms with Gasteiger partial charge < -0.3 is 9.80 Å². The Kier molecular flexibility index (Phi) is 3.76. The second kappa shape index (κ2) is 5.78. The van der Waals surface area contributed by atoms with Crippen molar-refractivity contribution in [3.63, 3.8) is 0 Å². The van der Waals surface area contributed by atoms with Crippen molar-refractivity contribution in [1.29, 1.82) is 0 Å². The number of hydrogen-bond donors (Lipinski definition) is 0. The number of likely N-dealkylation sites (N-methyl/N-ethyl adjacent to an activating group) is 1. The van der Waals surface area contributed by atoms with Gasteiger partial charge in [0.15, 0.2) is 5.43 Å². The summed E-state index contributed by atoms with van der Waals surface area (Å²) in [7, 11) is 2.14. The highest BCUT2D eigenvalue weighted by Crippen LogP contribution is 2.32. The minimum absolute atomic E-state index is 0.111. The van der Waals surface area contributed by atoms with Gasteiger partial charge in [-0.1, -0.05) is 17.7 Å². The fraction of sp³-hybridized carbons (Fsp3) is 0.278. The minimum atomic E-state index is 0.111. The molecule has 5 heteroatoms. The molecule has 0 N–H and O–H groups in total. The third kappa shape index (κ3) is 2.61. The van der Waals surface area contributed by atoms with Gasteiger partial charge in [-0.2, -0.15) is 0 Å². The molecular weight excluding hydrogens is 328 g/mol. The van der Waals surface area contributed by atoms with E-state index in [-0.39, 0.29) is 5.43 Å². The van der Waals surface area contributed by atoms with Crippen molar-refractivity contribution in [2.75, 3.05) is 38.1 Å². The van der Waals surface area contributed by atoms with Crippen LogP contribution in [0, 0.1) is 0 Å². The summed E-state index contributed by atoms with van der Waals surface area (Å²) in [4.78, 5) is 17.7. The summed E-state index contributed by atoms with van der Waals surface area (Å²) in [5.41, 5.74) is 1.17. The lowest BCUT2D eigenvalue weighted by atomic mass is 10.1. The summed E-state index contributed by atoms with van der Waals surface area (Å²) < 4.78 is 1.98. The van der Waals surface area contributed by atoms with Crippen molar-refractivity contribution in [3.05, 3.63) is 51.6 Å². The molecule has 1 fully saturated rings. The quantitative estimate of drug-likeness (QED) is 0.627. The van der Waals surface area contributed by atoms with E-state index in [4.69, 9.17) is 11.6 Å². The molecule has 3 aromatic rings. The maximum atomic E-state index is 13.1. The Labute approximate surface area is 143 Å². The van der Waals surface area contributed by atoms with Crippen molar-refractivity contribution in [2.45, 2.75) is 0 Å². The largest absolute Gasteiger partial charge is 0.368 e. The maximum absolute atomic E-state index is 13.1. The van der Waals surface area contributed by atoms with Crippen LogP contribution in [0.15, 0.2) is 41.2 Å². The SMILES string of the molecule is CN1CCN(c2cccc3sc4cc(Cl)ccc4c(=O)c23)CC1. The first-order valence-electron chi connectivity index (χ1n) is 7.72. The Morgan fingerprint density at radius 2 is 1.83 bits per heavy atom. The van der Waals surface area contributed by atoms with E-state index in [1.165, 1.54) is 0 Å². The second-order valence-corrected chi connectivity index (χ2v) is 7.53. The summed E-state index contributed by atoms with van der Waals surface area (Å²) in [5.74, 6) is 0. The molecule has 4 rings (SSSR count). The van der Waals surface area contributed by atoms with Crippen LogP contribution in [-0.2, 0) is 0 Å². The van der Waals surface area contributed by atoms with Crippen LogP contribution in [0.25, 0.3) is 20.2 Å². The fourth-order valence-corrected chi connectivity index (χ4v) is 4.54. The molecule has 0 spiro atoms. The highest BCUT2D eigenvalue weighted by atomic mass is 35.5. The normalized spacial score (nSPS) is 16.3. The zero-order valence-electron chi connectivity index (χ0n) is 12.9. The molecule has 0 unspecified atom stereocenters. The van der Waals surface area contributed by atoms with Gasteiger partial charge in [-0.25, -0.2) is 0 Å². The van der Waals surface area contributed by atoms with Gasteiger partial charge in [0.25, 0.3) is 0 Å². The van der Waals surface area contributed by atoms with E-state index >= 15 is 0 Å². The predicted molar refractivity (Wildman–Crippen MR) is 100 cm³/mol. The van der Waals surface area contributed by atoms with E-state index < -0.39 is 0 Å². The van der Waals surface area contributed by atoms with Gasteiger partial charge in [0.1, 0.15) is 0 Å². The topological polar surface area (TPSA) is 23.6 Å². The lowest BCUT2D eigenvalue weighted by Gasteiger charge is -2.34. The second-order valence-electron chi connectivity index (χ2n) is 6.01. The molecule has 0 amide bonds. The lowest BCUT2D eigenvalue weighted by molar-refractivity contribution is 0.313. The van der Waals surface area contributed by atoms with E-state index in [0.29, 0.717) is 5.02 Å². The number of rotatable bonds is 1. The summed E-state index contributed by atoms with van der Waals surface area (Å²) in [6.45, 7) is 3.96. The Hall–Kier alpha value is -1.62. The molecule has 1 aromatic heterocycles. The molecule has 2 aromatic carbocycles. The maximum Gasteiger partial charge on any atom is 0.197 e. The van der Waals surface area contributed by atoms with E-state index in [0.717, 1.165) is 52.0 Å². The summed E-state index contributed by atoms with van der Waals surface area (Å²) in [6, 6.07) is 11.7. The standard InChI is InChI=1S/C18H17ClN2OS/c1-20-7-9-21(10-8-20)14-3-2-4-15-17(14)18(22)13-6-5-12(19)11-16(13)23-15/h2-6,11H,7-10H2,1H3. The average Bonchev–Trinajstić information content (AvgIpc) is 2.55. The number of anilines is 1.